The van der Waals surface area contributed by atoms with Crippen LogP contribution >= 0.6 is 0 Å². The van der Waals surface area contributed by atoms with Gasteiger partial charge >= 0.3 is 0 Å². The molecule has 1 aliphatic rings. The summed E-state index contributed by atoms with van der Waals surface area (Å²) >= 11 is 0. The molecule has 0 aromatic heterocycles. The second kappa shape index (κ2) is 5.67. The molecule has 1 atom stereocenters. The van der Waals surface area contributed by atoms with Crippen LogP contribution in [0.25, 0.3) is 0 Å². The third-order valence-electron chi connectivity index (χ3n) is 3.73. The molecule has 0 aliphatic heterocycles. The van der Waals surface area contributed by atoms with E-state index in [9.17, 15) is 0 Å². The zero-order valence-corrected chi connectivity index (χ0v) is 9.68. The fourth-order valence-corrected chi connectivity index (χ4v) is 3.01. The molecule has 0 nitrogen and oxygen atoms in total. The monoisotopic (exact) mass is 182 g/mol. The van der Waals surface area contributed by atoms with Crippen LogP contribution in [0.2, 0.25) is 0 Å². The Hall–Kier alpha value is 0. The molecule has 0 N–H and O–H groups in total. The smallest absolute Gasteiger partial charge is 0.0363 e. The van der Waals surface area contributed by atoms with Crippen LogP contribution in [0.4, 0.5) is 0 Å². The van der Waals surface area contributed by atoms with Crippen molar-refractivity contribution in [3.05, 3.63) is 0 Å². The van der Waals surface area contributed by atoms with Gasteiger partial charge in [-0.1, -0.05) is 65.7 Å². The summed E-state index contributed by atoms with van der Waals surface area (Å²) in [6, 6.07) is 0. The highest BCUT2D eigenvalue weighted by Gasteiger charge is 2.24. The molecule has 0 amide bonds. The first-order valence-corrected chi connectivity index (χ1v) is 6.25. The molecule has 78 valence electrons. The molecule has 1 rings (SSSR count). The molecular weight excluding hydrogens is 156 g/mol. The first-order valence-electron chi connectivity index (χ1n) is 6.25. The lowest BCUT2D eigenvalue weighted by Gasteiger charge is -2.32. The predicted molar refractivity (Wildman–Crippen MR) is 59.8 cm³/mol. The van der Waals surface area contributed by atoms with Crippen molar-refractivity contribution in [2.75, 3.05) is 0 Å². The molecule has 0 aromatic rings. The van der Waals surface area contributed by atoms with E-state index in [2.05, 4.69) is 20.8 Å². The van der Waals surface area contributed by atoms with Gasteiger partial charge in [-0.15, -0.1) is 0 Å². The molecule has 0 heterocycles. The molecule has 0 aromatic carbocycles. The lowest BCUT2D eigenvalue weighted by Crippen LogP contribution is -2.22. The molecule has 1 aliphatic carbocycles. The normalized spacial score (nSPS) is 22.2. The summed E-state index contributed by atoms with van der Waals surface area (Å²) in [5.74, 6) is 2.99. The van der Waals surface area contributed by atoms with Gasteiger partial charge in [0.15, 0.2) is 0 Å². The van der Waals surface area contributed by atoms with Gasteiger partial charge in [-0.25, -0.2) is 0 Å². The van der Waals surface area contributed by atoms with E-state index >= 15 is 0 Å². The number of rotatable bonds is 4. The van der Waals surface area contributed by atoms with Gasteiger partial charge in [0.2, 0.25) is 0 Å². The first-order chi connectivity index (χ1) is 6.25. The summed E-state index contributed by atoms with van der Waals surface area (Å²) in [7, 11) is 0. The van der Waals surface area contributed by atoms with Gasteiger partial charge < -0.3 is 0 Å². The van der Waals surface area contributed by atoms with E-state index in [1.807, 2.05) is 0 Å². The van der Waals surface area contributed by atoms with Gasteiger partial charge in [-0.3, -0.25) is 0 Å². The van der Waals surface area contributed by atoms with Crippen molar-refractivity contribution in [3.8, 4) is 0 Å². The molecule has 0 saturated heterocycles. The SMILES string of the molecule is CCC[C@H](C(C)C)C1CCCCC1. The minimum Gasteiger partial charge on any atom is -0.0654 e. The summed E-state index contributed by atoms with van der Waals surface area (Å²) in [6.07, 6.45) is 10.4. The van der Waals surface area contributed by atoms with E-state index in [0.29, 0.717) is 0 Å². The molecule has 1 fully saturated rings. The van der Waals surface area contributed by atoms with Gasteiger partial charge in [0, 0.05) is 0 Å². The van der Waals surface area contributed by atoms with Crippen molar-refractivity contribution in [2.45, 2.75) is 65.7 Å². The summed E-state index contributed by atoms with van der Waals surface area (Å²) in [5, 5.41) is 0. The van der Waals surface area contributed by atoms with Crippen LogP contribution in [-0.4, -0.2) is 0 Å². The molecular formula is C13H26. The van der Waals surface area contributed by atoms with E-state index in [1.165, 1.54) is 44.9 Å². The Morgan fingerprint density at radius 2 is 1.69 bits per heavy atom. The average molecular weight is 182 g/mol. The molecule has 0 unspecified atom stereocenters. The number of hydrogen-bond donors (Lipinski definition) is 0. The Morgan fingerprint density at radius 3 is 2.15 bits per heavy atom. The minimum atomic E-state index is 0.906. The van der Waals surface area contributed by atoms with E-state index in [-0.39, 0.29) is 0 Å². The van der Waals surface area contributed by atoms with E-state index in [1.54, 1.807) is 0 Å². The van der Waals surface area contributed by atoms with Crippen LogP contribution < -0.4 is 0 Å². The molecule has 0 heteroatoms. The Balaban J connectivity index is 2.41. The highest BCUT2D eigenvalue weighted by Crippen LogP contribution is 2.36. The minimum absolute atomic E-state index is 0.906. The molecule has 0 spiro atoms. The largest absolute Gasteiger partial charge is 0.0654 e. The van der Waals surface area contributed by atoms with Crippen molar-refractivity contribution in [1.29, 1.82) is 0 Å². The van der Waals surface area contributed by atoms with Gasteiger partial charge in [0.1, 0.15) is 0 Å². The fourth-order valence-electron chi connectivity index (χ4n) is 3.01. The zero-order chi connectivity index (χ0) is 9.68. The van der Waals surface area contributed by atoms with Crippen molar-refractivity contribution in [2.24, 2.45) is 17.8 Å². The number of hydrogen-bond acceptors (Lipinski definition) is 0. The topological polar surface area (TPSA) is 0 Å². The van der Waals surface area contributed by atoms with Crippen LogP contribution in [0.3, 0.4) is 0 Å². The van der Waals surface area contributed by atoms with Crippen LogP contribution in [0.1, 0.15) is 65.7 Å². The van der Waals surface area contributed by atoms with Gasteiger partial charge in [0.25, 0.3) is 0 Å². The molecule has 0 bridgehead atoms. The standard InChI is InChI=1S/C13H26/c1-4-8-13(11(2)3)12-9-6-5-7-10-12/h11-13H,4-10H2,1-3H3/t13-/m1/s1. The summed E-state index contributed by atoms with van der Waals surface area (Å²) in [6.45, 7) is 7.15. The van der Waals surface area contributed by atoms with Crippen molar-refractivity contribution in [3.63, 3.8) is 0 Å². The Bertz CT molecular complexity index is 120. The van der Waals surface area contributed by atoms with Gasteiger partial charge in [-0.05, 0) is 17.8 Å². The third kappa shape index (κ3) is 3.32. The highest BCUT2D eigenvalue weighted by atomic mass is 14.3. The van der Waals surface area contributed by atoms with Gasteiger partial charge in [-0.2, -0.15) is 0 Å². The van der Waals surface area contributed by atoms with E-state index in [0.717, 1.165) is 17.8 Å². The molecule has 1 saturated carbocycles. The maximum atomic E-state index is 2.41. The Kier molecular flexibility index (Phi) is 4.83. The van der Waals surface area contributed by atoms with E-state index < -0.39 is 0 Å². The zero-order valence-electron chi connectivity index (χ0n) is 9.68. The second-order valence-electron chi connectivity index (χ2n) is 5.09. The predicted octanol–water partition coefficient (Wildman–Crippen LogP) is 4.64. The van der Waals surface area contributed by atoms with Crippen molar-refractivity contribution < 1.29 is 0 Å². The lowest BCUT2D eigenvalue weighted by atomic mass is 9.73. The quantitative estimate of drug-likeness (QED) is 0.594. The average Bonchev–Trinajstić information content (AvgIpc) is 2.15. The molecule has 13 heavy (non-hydrogen) atoms. The van der Waals surface area contributed by atoms with Crippen LogP contribution in [0.5, 0.6) is 0 Å². The van der Waals surface area contributed by atoms with Crippen molar-refractivity contribution in [1.82, 2.24) is 0 Å². The fraction of sp³-hybridized carbons (Fsp3) is 1.00. The van der Waals surface area contributed by atoms with Crippen LogP contribution in [-0.2, 0) is 0 Å². The van der Waals surface area contributed by atoms with Crippen LogP contribution in [0.15, 0.2) is 0 Å². The van der Waals surface area contributed by atoms with E-state index in [4.69, 9.17) is 0 Å². The summed E-state index contributed by atoms with van der Waals surface area (Å²) in [5.41, 5.74) is 0. The summed E-state index contributed by atoms with van der Waals surface area (Å²) in [4.78, 5) is 0. The Morgan fingerprint density at radius 1 is 1.08 bits per heavy atom. The van der Waals surface area contributed by atoms with Crippen molar-refractivity contribution >= 4 is 0 Å². The van der Waals surface area contributed by atoms with Gasteiger partial charge in [0.05, 0.1) is 0 Å². The maximum Gasteiger partial charge on any atom is -0.0363 e. The first kappa shape index (κ1) is 11.1. The van der Waals surface area contributed by atoms with Crippen LogP contribution in [0, 0.1) is 17.8 Å². The second-order valence-corrected chi connectivity index (χ2v) is 5.09. The Labute approximate surface area is 84.1 Å². The maximum absolute atomic E-state index is 2.41. The third-order valence-corrected chi connectivity index (χ3v) is 3.73. The summed E-state index contributed by atoms with van der Waals surface area (Å²) < 4.78 is 0. The highest BCUT2D eigenvalue weighted by molar-refractivity contribution is 4.75. The lowest BCUT2D eigenvalue weighted by molar-refractivity contribution is 0.183. The molecule has 0 radical (unpaired) electrons.